The average molecular weight is 287 g/mol. The van der Waals surface area contributed by atoms with E-state index >= 15 is 0 Å². The summed E-state index contributed by atoms with van der Waals surface area (Å²) in [5.41, 5.74) is 1.80. The van der Waals surface area contributed by atoms with Crippen LogP contribution in [0.4, 0.5) is 0 Å². The maximum Gasteiger partial charge on any atom is 0.307 e. The largest absolute Gasteiger partial charge is 0.481 e. The Labute approximate surface area is 125 Å². The van der Waals surface area contributed by atoms with E-state index in [0.717, 1.165) is 43.9 Å². The van der Waals surface area contributed by atoms with Crippen LogP contribution in [-0.2, 0) is 11.3 Å². The zero-order valence-electron chi connectivity index (χ0n) is 12.3. The number of carbonyl (C=O) groups is 1. The van der Waals surface area contributed by atoms with Crippen molar-refractivity contribution in [2.45, 2.75) is 13.5 Å². The van der Waals surface area contributed by atoms with Crippen LogP contribution in [0, 0.1) is 17.2 Å². The first-order valence-corrected chi connectivity index (χ1v) is 7.25. The summed E-state index contributed by atoms with van der Waals surface area (Å²) in [6, 6.07) is 9.92. The Balaban J connectivity index is 1.84. The molecule has 0 aromatic heterocycles. The van der Waals surface area contributed by atoms with Crippen molar-refractivity contribution >= 4 is 5.97 Å². The Morgan fingerprint density at radius 1 is 1.29 bits per heavy atom. The van der Waals surface area contributed by atoms with Gasteiger partial charge in [-0.25, -0.2) is 0 Å². The molecular weight excluding hydrogens is 266 g/mol. The molecule has 112 valence electrons. The van der Waals surface area contributed by atoms with Crippen molar-refractivity contribution in [1.82, 2.24) is 9.80 Å². The number of nitriles is 1. The van der Waals surface area contributed by atoms with E-state index in [-0.39, 0.29) is 5.92 Å². The van der Waals surface area contributed by atoms with Gasteiger partial charge in [0.15, 0.2) is 0 Å². The number of hydrogen-bond acceptors (Lipinski definition) is 4. The van der Waals surface area contributed by atoms with Gasteiger partial charge >= 0.3 is 5.97 Å². The van der Waals surface area contributed by atoms with E-state index in [9.17, 15) is 4.79 Å². The molecule has 1 atom stereocenters. The molecule has 5 nitrogen and oxygen atoms in total. The molecule has 2 rings (SSSR count). The molecule has 1 aromatic rings. The third-order valence-corrected chi connectivity index (χ3v) is 3.95. The SMILES string of the molecule is CC(CN1CCN(Cc2ccccc2C#N)CC1)C(=O)O. The van der Waals surface area contributed by atoms with E-state index in [1.165, 1.54) is 0 Å². The van der Waals surface area contributed by atoms with Crippen molar-refractivity contribution in [2.24, 2.45) is 5.92 Å². The molecule has 1 fully saturated rings. The Hall–Kier alpha value is -1.90. The first-order chi connectivity index (χ1) is 10.1. The molecule has 21 heavy (non-hydrogen) atoms. The van der Waals surface area contributed by atoms with Crippen LogP contribution in [0.15, 0.2) is 24.3 Å². The van der Waals surface area contributed by atoms with Crippen LogP contribution >= 0.6 is 0 Å². The lowest BCUT2D eigenvalue weighted by molar-refractivity contribution is -0.141. The highest BCUT2D eigenvalue weighted by Gasteiger charge is 2.21. The standard InChI is InChI=1S/C16H21N3O2/c1-13(16(20)21)11-18-6-8-19(9-7-18)12-15-5-3-2-4-14(15)10-17/h2-5,13H,6-9,11-12H2,1H3,(H,20,21). The molecule has 0 radical (unpaired) electrons. The Morgan fingerprint density at radius 2 is 1.90 bits per heavy atom. The topological polar surface area (TPSA) is 67.6 Å². The summed E-state index contributed by atoms with van der Waals surface area (Å²) < 4.78 is 0. The molecule has 1 heterocycles. The number of carboxylic acids is 1. The molecule has 5 heteroatoms. The summed E-state index contributed by atoms with van der Waals surface area (Å²) >= 11 is 0. The van der Waals surface area contributed by atoms with E-state index in [1.54, 1.807) is 6.92 Å². The lowest BCUT2D eigenvalue weighted by Gasteiger charge is -2.35. The van der Waals surface area contributed by atoms with E-state index in [2.05, 4.69) is 15.9 Å². The number of rotatable bonds is 5. The molecule has 0 saturated carbocycles. The number of carboxylic acid groups (broad SMARTS) is 1. The predicted molar refractivity (Wildman–Crippen MR) is 79.7 cm³/mol. The second-order valence-corrected chi connectivity index (χ2v) is 5.58. The summed E-state index contributed by atoms with van der Waals surface area (Å²) in [5.74, 6) is -1.06. The van der Waals surface area contributed by atoms with Crippen LogP contribution in [0.25, 0.3) is 0 Å². The first-order valence-electron chi connectivity index (χ1n) is 7.25. The maximum absolute atomic E-state index is 10.9. The fraction of sp³-hybridized carbons (Fsp3) is 0.500. The molecule has 1 aromatic carbocycles. The summed E-state index contributed by atoms with van der Waals surface area (Å²) in [6.07, 6.45) is 0. The van der Waals surface area contributed by atoms with Gasteiger partial charge in [-0.15, -0.1) is 0 Å². The zero-order chi connectivity index (χ0) is 15.2. The van der Waals surface area contributed by atoms with Crippen LogP contribution in [0.2, 0.25) is 0 Å². The third kappa shape index (κ3) is 4.28. The highest BCUT2D eigenvalue weighted by molar-refractivity contribution is 5.69. The molecule has 0 spiro atoms. The van der Waals surface area contributed by atoms with Crippen molar-refractivity contribution in [1.29, 1.82) is 5.26 Å². The van der Waals surface area contributed by atoms with Crippen molar-refractivity contribution in [3.05, 3.63) is 35.4 Å². The molecule has 0 amide bonds. The van der Waals surface area contributed by atoms with Crippen LogP contribution in [0.3, 0.4) is 0 Å². The average Bonchev–Trinajstić information content (AvgIpc) is 2.49. The van der Waals surface area contributed by atoms with E-state index in [1.807, 2.05) is 24.3 Å². The molecule has 0 bridgehead atoms. The number of benzene rings is 1. The van der Waals surface area contributed by atoms with E-state index < -0.39 is 5.97 Å². The van der Waals surface area contributed by atoms with Crippen molar-refractivity contribution in [2.75, 3.05) is 32.7 Å². The fourth-order valence-corrected chi connectivity index (χ4v) is 2.60. The van der Waals surface area contributed by atoms with Crippen molar-refractivity contribution < 1.29 is 9.90 Å². The Bertz CT molecular complexity index is 531. The van der Waals surface area contributed by atoms with Gasteiger partial charge in [0.05, 0.1) is 17.6 Å². The molecule has 1 aliphatic heterocycles. The van der Waals surface area contributed by atoms with Gasteiger partial charge in [0.1, 0.15) is 0 Å². The third-order valence-electron chi connectivity index (χ3n) is 3.95. The van der Waals surface area contributed by atoms with Gasteiger partial charge in [-0.3, -0.25) is 14.6 Å². The van der Waals surface area contributed by atoms with Crippen LogP contribution in [0.5, 0.6) is 0 Å². The number of aliphatic carboxylic acids is 1. The summed E-state index contributed by atoms with van der Waals surface area (Å²) in [4.78, 5) is 15.4. The highest BCUT2D eigenvalue weighted by Crippen LogP contribution is 2.13. The number of nitrogens with zero attached hydrogens (tertiary/aromatic N) is 3. The Morgan fingerprint density at radius 3 is 2.52 bits per heavy atom. The predicted octanol–water partition coefficient (Wildman–Crippen LogP) is 1.40. The van der Waals surface area contributed by atoms with Gasteiger partial charge < -0.3 is 5.11 Å². The Kier molecular flexibility index (Phi) is 5.32. The smallest absolute Gasteiger partial charge is 0.307 e. The van der Waals surface area contributed by atoms with Crippen LogP contribution in [0.1, 0.15) is 18.1 Å². The van der Waals surface area contributed by atoms with Gasteiger partial charge in [0.25, 0.3) is 0 Å². The van der Waals surface area contributed by atoms with Gasteiger partial charge in [-0.05, 0) is 11.6 Å². The second-order valence-electron chi connectivity index (χ2n) is 5.58. The minimum absolute atomic E-state index is 0.323. The van der Waals surface area contributed by atoms with Crippen molar-refractivity contribution in [3.63, 3.8) is 0 Å². The molecular formula is C16H21N3O2. The minimum Gasteiger partial charge on any atom is -0.481 e. The van der Waals surface area contributed by atoms with Gasteiger partial charge in [-0.1, -0.05) is 25.1 Å². The first kappa shape index (κ1) is 15.5. The molecule has 0 aliphatic carbocycles. The zero-order valence-corrected chi connectivity index (χ0v) is 12.3. The molecule has 1 unspecified atom stereocenters. The lowest BCUT2D eigenvalue weighted by atomic mass is 10.1. The van der Waals surface area contributed by atoms with E-state index in [4.69, 9.17) is 10.4 Å². The fourth-order valence-electron chi connectivity index (χ4n) is 2.60. The van der Waals surface area contributed by atoms with Crippen LogP contribution < -0.4 is 0 Å². The maximum atomic E-state index is 10.9. The normalized spacial score (nSPS) is 18.1. The van der Waals surface area contributed by atoms with Crippen LogP contribution in [-0.4, -0.2) is 53.6 Å². The molecule has 1 aliphatic rings. The van der Waals surface area contributed by atoms with Gasteiger partial charge in [0, 0.05) is 39.3 Å². The number of piperazine rings is 1. The lowest BCUT2D eigenvalue weighted by Crippen LogP contribution is -2.47. The highest BCUT2D eigenvalue weighted by atomic mass is 16.4. The monoisotopic (exact) mass is 287 g/mol. The van der Waals surface area contributed by atoms with Crippen molar-refractivity contribution in [3.8, 4) is 6.07 Å². The summed E-state index contributed by atoms with van der Waals surface area (Å²) in [6.45, 7) is 6.72. The molecule has 1 N–H and O–H groups in total. The van der Waals surface area contributed by atoms with E-state index in [0.29, 0.717) is 6.54 Å². The minimum atomic E-state index is -0.736. The van der Waals surface area contributed by atoms with Gasteiger partial charge in [-0.2, -0.15) is 5.26 Å². The summed E-state index contributed by atoms with van der Waals surface area (Å²) in [5, 5.41) is 18.1. The second kappa shape index (κ2) is 7.21. The quantitative estimate of drug-likeness (QED) is 0.886. The number of hydrogen-bond donors (Lipinski definition) is 1. The summed E-state index contributed by atoms with van der Waals surface area (Å²) in [7, 11) is 0. The van der Waals surface area contributed by atoms with Gasteiger partial charge in [0.2, 0.25) is 0 Å². The molecule has 1 saturated heterocycles.